The quantitative estimate of drug-likeness (QED) is 0.375. The zero-order valence-corrected chi connectivity index (χ0v) is 6.51. The smallest absolute Gasteiger partial charge is 0.318 e. The highest BCUT2D eigenvalue weighted by Gasteiger charge is 2.31. The first-order valence-electron chi connectivity index (χ1n) is 3.15. The van der Waals surface area contributed by atoms with E-state index in [2.05, 4.69) is 4.74 Å². The van der Waals surface area contributed by atoms with E-state index in [1.165, 1.54) is 7.11 Å². The number of aldehydes is 1. The van der Waals surface area contributed by atoms with Crippen LogP contribution in [0.3, 0.4) is 0 Å². The summed E-state index contributed by atoms with van der Waals surface area (Å²) in [5.41, 5.74) is -0.950. The fourth-order valence-electron chi connectivity index (χ4n) is 0.509. The second-order valence-electron chi connectivity index (χ2n) is 2.38. The number of carbonyl (C=O) groups is 2. The Bertz CT molecular complexity index is 143. The lowest BCUT2D eigenvalue weighted by molar-refractivity contribution is -0.153. The molecule has 0 aliphatic heterocycles. The van der Waals surface area contributed by atoms with Gasteiger partial charge in [-0.25, -0.2) is 0 Å². The Balaban J connectivity index is -0.000000405. The average molecular weight is 176 g/mol. The van der Waals surface area contributed by atoms with Crippen LogP contribution in [0.25, 0.3) is 0 Å². The summed E-state index contributed by atoms with van der Waals surface area (Å²) in [4.78, 5) is 21.2. The standard InChI is InChI=1S/C7H12O3.2CH4/c1-4-7(2,5-8)6(9)10-3;;/h5H,4H2,1-3H3;2*1H4. The predicted molar refractivity (Wildman–Crippen MR) is 49.9 cm³/mol. The summed E-state index contributed by atoms with van der Waals surface area (Å²) in [6.45, 7) is 3.33. The van der Waals surface area contributed by atoms with Gasteiger partial charge in [-0.1, -0.05) is 21.8 Å². The van der Waals surface area contributed by atoms with Crippen LogP contribution in [0.2, 0.25) is 0 Å². The van der Waals surface area contributed by atoms with Crippen molar-refractivity contribution in [2.24, 2.45) is 5.41 Å². The summed E-state index contributed by atoms with van der Waals surface area (Å²) in [6, 6.07) is 0. The second-order valence-corrected chi connectivity index (χ2v) is 2.38. The maximum Gasteiger partial charge on any atom is 0.318 e. The Morgan fingerprint density at radius 1 is 1.50 bits per heavy atom. The Morgan fingerprint density at radius 2 is 1.92 bits per heavy atom. The van der Waals surface area contributed by atoms with Crippen molar-refractivity contribution in [2.45, 2.75) is 35.1 Å². The summed E-state index contributed by atoms with van der Waals surface area (Å²) in [6.07, 6.45) is 1.10. The van der Waals surface area contributed by atoms with E-state index in [4.69, 9.17) is 0 Å². The van der Waals surface area contributed by atoms with Crippen molar-refractivity contribution in [3.8, 4) is 0 Å². The molecule has 0 aromatic rings. The molecule has 1 unspecified atom stereocenters. The normalized spacial score (nSPS) is 12.9. The van der Waals surface area contributed by atoms with Crippen LogP contribution >= 0.6 is 0 Å². The lowest BCUT2D eigenvalue weighted by Gasteiger charge is -2.16. The average Bonchev–Trinajstić information content (AvgIpc) is 2.01. The number of rotatable bonds is 3. The van der Waals surface area contributed by atoms with Gasteiger partial charge in [0, 0.05) is 0 Å². The highest BCUT2D eigenvalue weighted by molar-refractivity contribution is 5.92. The summed E-state index contributed by atoms with van der Waals surface area (Å²) in [5, 5.41) is 0. The monoisotopic (exact) mass is 176 g/mol. The van der Waals surface area contributed by atoms with Crippen LogP contribution in [-0.4, -0.2) is 19.4 Å². The SMILES string of the molecule is C.C.CCC(C)(C=O)C(=O)OC. The van der Waals surface area contributed by atoms with Crippen LogP contribution < -0.4 is 0 Å². The summed E-state index contributed by atoms with van der Waals surface area (Å²) < 4.78 is 4.43. The van der Waals surface area contributed by atoms with E-state index >= 15 is 0 Å². The molecule has 0 aromatic carbocycles. The van der Waals surface area contributed by atoms with Gasteiger partial charge in [0.25, 0.3) is 0 Å². The second kappa shape index (κ2) is 6.83. The van der Waals surface area contributed by atoms with Gasteiger partial charge in [0.05, 0.1) is 7.11 Å². The fraction of sp³-hybridized carbons (Fsp3) is 0.778. The Morgan fingerprint density at radius 3 is 2.00 bits per heavy atom. The molecule has 0 bridgehead atoms. The molecule has 0 aromatic heterocycles. The molecule has 3 nitrogen and oxygen atoms in total. The zero-order valence-electron chi connectivity index (χ0n) is 6.51. The van der Waals surface area contributed by atoms with E-state index in [-0.39, 0.29) is 14.9 Å². The zero-order chi connectivity index (χ0) is 8.20. The molecule has 0 saturated carbocycles. The van der Waals surface area contributed by atoms with Gasteiger partial charge in [-0.2, -0.15) is 0 Å². The van der Waals surface area contributed by atoms with E-state index in [0.29, 0.717) is 12.7 Å². The maximum absolute atomic E-state index is 10.8. The molecule has 0 rings (SSSR count). The van der Waals surface area contributed by atoms with Crippen LogP contribution in [0, 0.1) is 5.41 Å². The van der Waals surface area contributed by atoms with Crippen molar-refractivity contribution in [3.63, 3.8) is 0 Å². The molecule has 1 atom stereocenters. The van der Waals surface area contributed by atoms with Crippen LogP contribution in [-0.2, 0) is 14.3 Å². The van der Waals surface area contributed by atoms with Gasteiger partial charge >= 0.3 is 5.97 Å². The van der Waals surface area contributed by atoms with Crippen molar-refractivity contribution in [1.82, 2.24) is 0 Å². The third-order valence-electron chi connectivity index (χ3n) is 1.65. The first-order chi connectivity index (χ1) is 4.60. The predicted octanol–water partition coefficient (Wildman–Crippen LogP) is 2.05. The molecule has 0 aliphatic carbocycles. The van der Waals surface area contributed by atoms with Crippen molar-refractivity contribution >= 4 is 12.3 Å². The van der Waals surface area contributed by atoms with Gasteiger partial charge in [-0.3, -0.25) is 4.79 Å². The first-order valence-corrected chi connectivity index (χ1v) is 3.15. The van der Waals surface area contributed by atoms with E-state index in [9.17, 15) is 9.59 Å². The molecule has 0 fully saturated rings. The molecule has 0 spiro atoms. The first kappa shape index (κ1) is 17.3. The number of carbonyl (C=O) groups excluding carboxylic acids is 2. The Labute approximate surface area is 75.1 Å². The molecule has 0 radical (unpaired) electrons. The maximum atomic E-state index is 10.8. The molecule has 74 valence electrons. The summed E-state index contributed by atoms with van der Waals surface area (Å²) >= 11 is 0. The lowest BCUT2D eigenvalue weighted by atomic mass is 9.90. The largest absolute Gasteiger partial charge is 0.468 e. The van der Waals surface area contributed by atoms with Gasteiger partial charge in [0.1, 0.15) is 11.7 Å². The fourth-order valence-corrected chi connectivity index (χ4v) is 0.509. The highest BCUT2D eigenvalue weighted by Crippen LogP contribution is 2.18. The molecular weight excluding hydrogens is 156 g/mol. The van der Waals surface area contributed by atoms with Gasteiger partial charge in [-0.15, -0.1) is 0 Å². The van der Waals surface area contributed by atoms with E-state index in [1.54, 1.807) is 13.8 Å². The molecule has 12 heavy (non-hydrogen) atoms. The minimum absolute atomic E-state index is 0. The van der Waals surface area contributed by atoms with Gasteiger partial charge in [-0.05, 0) is 13.3 Å². The number of hydrogen-bond donors (Lipinski definition) is 0. The third kappa shape index (κ3) is 3.51. The number of hydrogen-bond acceptors (Lipinski definition) is 3. The topological polar surface area (TPSA) is 43.4 Å². The minimum atomic E-state index is -0.950. The molecule has 0 saturated heterocycles. The Kier molecular flexibility index (Phi) is 9.83. The van der Waals surface area contributed by atoms with Crippen molar-refractivity contribution < 1.29 is 14.3 Å². The molecule has 3 heteroatoms. The molecule has 0 heterocycles. The third-order valence-corrected chi connectivity index (χ3v) is 1.65. The van der Waals surface area contributed by atoms with Crippen LogP contribution in [0.4, 0.5) is 0 Å². The summed E-state index contributed by atoms with van der Waals surface area (Å²) in [7, 11) is 1.28. The Hall–Kier alpha value is -0.860. The van der Waals surface area contributed by atoms with Gasteiger partial charge < -0.3 is 9.53 Å². The number of methoxy groups -OCH3 is 1. The highest BCUT2D eigenvalue weighted by atomic mass is 16.5. The minimum Gasteiger partial charge on any atom is -0.468 e. The van der Waals surface area contributed by atoms with E-state index in [1.807, 2.05) is 0 Å². The van der Waals surface area contributed by atoms with Crippen LogP contribution in [0.15, 0.2) is 0 Å². The summed E-state index contributed by atoms with van der Waals surface area (Å²) in [5.74, 6) is -0.468. The molecular formula is C9H20O3. The van der Waals surface area contributed by atoms with Gasteiger partial charge in [0.15, 0.2) is 0 Å². The van der Waals surface area contributed by atoms with Crippen LogP contribution in [0.1, 0.15) is 35.1 Å². The molecule has 0 N–H and O–H groups in total. The molecule has 0 aliphatic rings. The van der Waals surface area contributed by atoms with Gasteiger partial charge in [0.2, 0.25) is 0 Å². The number of ether oxygens (including phenoxy) is 1. The number of esters is 1. The lowest BCUT2D eigenvalue weighted by Crippen LogP contribution is -2.29. The van der Waals surface area contributed by atoms with Crippen molar-refractivity contribution in [3.05, 3.63) is 0 Å². The van der Waals surface area contributed by atoms with Crippen molar-refractivity contribution in [2.75, 3.05) is 7.11 Å². The molecule has 0 amide bonds. The van der Waals surface area contributed by atoms with E-state index < -0.39 is 11.4 Å². The van der Waals surface area contributed by atoms with E-state index in [0.717, 1.165) is 0 Å². The van der Waals surface area contributed by atoms with Crippen LogP contribution in [0.5, 0.6) is 0 Å². The van der Waals surface area contributed by atoms with Crippen molar-refractivity contribution in [1.29, 1.82) is 0 Å².